The number of thiazole rings is 1. The van der Waals surface area contributed by atoms with Crippen molar-refractivity contribution in [2.75, 3.05) is 5.32 Å². The summed E-state index contributed by atoms with van der Waals surface area (Å²) in [6.45, 7) is 2.03. The molecule has 0 spiro atoms. The minimum absolute atomic E-state index is 0.00922. The van der Waals surface area contributed by atoms with E-state index < -0.39 is 4.92 Å². The molecule has 0 aliphatic rings. The molecule has 0 aliphatic heterocycles. The number of nitro groups is 1. The molecule has 7 nitrogen and oxygen atoms in total. The summed E-state index contributed by atoms with van der Waals surface area (Å²) >= 11 is 2.82. The van der Waals surface area contributed by atoms with Crippen LogP contribution in [0.4, 0.5) is 10.8 Å². The molecule has 0 aliphatic carbocycles. The Morgan fingerprint density at radius 3 is 2.61 bits per heavy atom. The maximum atomic E-state index is 13.2. The topological polar surface area (TPSA) is 98.0 Å². The number of pyridine rings is 1. The van der Waals surface area contributed by atoms with Crippen molar-refractivity contribution in [1.82, 2.24) is 9.97 Å². The van der Waals surface area contributed by atoms with E-state index in [9.17, 15) is 14.9 Å². The molecule has 0 saturated heterocycles. The number of anilines is 1. The third-order valence-electron chi connectivity index (χ3n) is 4.76. The SMILES string of the molecule is Cc1ccc(-c2cc(C(=O)Nc3nc4ccc([N+](=O)[O-])cc4s3)c3ccccc3n2)s1. The Hall–Kier alpha value is -3.69. The van der Waals surface area contributed by atoms with Crippen LogP contribution in [-0.4, -0.2) is 20.8 Å². The van der Waals surface area contributed by atoms with Crippen LogP contribution in [-0.2, 0) is 0 Å². The molecule has 3 heterocycles. The van der Waals surface area contributed by atoms with Crippen LogP contribution in [0.5, 0.6) is 0 Å². The summed E-state index contributed by atoms with van der Waals surface area (Å²) in [6.07, 6.45) is 0. The summed E-state index contributed by atoms with van der Waals surface area (Å²) in [4.78, 5) is 35.0. The number of hydrogen-bond donors (Lipinski definition) is 1. The molecular formula is C22H14N4O3S2. The molecule has 0 saturated carbocycles. The van der Waals surface area contributed by atoms with Crippen LogP contribution in [0, 0.1) is 17.0 Å². The van der Waals surface area contributed by atoms with Crippen LogP contribution < -0.4 is 5.32 Å². The van der Waals surface area contributed by atoms with Crippen molar-refractivity contribution in [3.8, 4) is 10.6 Å². The number of hydrogen-bond acceptors (Lipinski definition) is 7. The lowest BCUT2D eigenvalue weighted by Crippen LogP contribution is -2.12. The number of thiophene rings is 1. The maximum Gasteiger partial charge on any atom is 0.270 e. The quantitative estimate of drug-likeness (QED) is 0.268. The highest BCUT2D eigenvalue weighted by atomic mass is 32.1. The van der Waals surface area contributed by atoms with Crippen molar-refractivity contribution < 1.29 is 9.72 Å². The molecule has 5 rings (SSSR count). The Morgan fingerprint density at radius 1 is 1.00 bits per heavy atom. The summed E-state index contributed by atoms with van der Waals surface area (Å²) in [6, 6.07) is 17.8. The smallest absolute Gasteiger partial charge is 0.270 e. The number of benzene rings is 2. The molecule has 152 valence electrons. The van der Waals surface area contributed by atoms with E-state index in [1.165, 1.54) is 28.3 Å². The van der Waals surface area contributed by atoms with Crippen LogP contribution in [0.15, 0.2) is 60.7 Å². The highest BCUT2D eigenvalue weighted by Crippen LogP contribution is 2.32. The second-order valence-electron chi connectivity index (χ2n) is 6.86. The summed E-state index contributed by atoms with van der Waals surface area (Å²) in [5.74, 6) is -0.304. The number of amides is 1. The number of fused-ring (bicyclic) bond motifs is 2. The standard InChI is InChI=1S/C22H14N4O3S2/c1-12-6-9-19(30-12)18-11-15(14-4-2-3-5-16(14)23-18)21(27)25-22-24-17-8-7-13(26(28)29)10-20(17)31-22/h2-11H,1H3,(H,24,25,27). The van der Waals surface area contributed by atoms with E-state index in [2.05, 4.69) is 10.3 Å². The van der Waals surface area contributed by atoms with Gasteiger partial charge in [0.1, 0.15) is 0 Å². The number of aromatic nitrogens is 2. The first-order chi connectivity index (χ1) is 15.0. The third-order valence-corrected chi connectivity index (χ3v) is 6.71. The zero-order chi connectivity index (χ0) is 21.5. The van der Waals surface area contributed by atoms with Gasteiger partial charge in [-0.25, -0.2) is 9.97 Å². The molecule has 9 heteroatoms. The minimum atomic E-state index is -0.450. The Bertz CT molecular complexity index is 1490. The average Bonchev–Trinajstić information content (AvgIpc) is 3.37. The van der Waals surface area contributed by atoms with E-state index in [-0.39, 0.29) is 11.6 Å². The average molecular weight is 447 g/mol. The first-order valence-electron chi connectivity index (χ1n) is 9.31. The van der Waals surface area contributed by atoms with E-state index in [0.29, 0.717) is 20.9 Å². The van der Waals surface area contributed by atoms with Gasteiger partial charge in [0.25, 0.3) is 11.6 Å². The monoisotopic (exact) mass is 446 g/mol. The molecule has 0 bridgehead atoms. The number of nitrogens with zero attached hydrogens (tertiary/aromatic N) is 3. The first-order valence-corrected chi connectivity index (χ1v) is 10.9. The van der Waals surface area contributed by atoms with Gasteiger partial charge in [-0.3, -0.25) is 20.2 Å². The Kier molecular flexibility index (Phi) is 4.68. The fourth-order valence-electron chi connectivity index (χ4n) is 3.31. The fourth-order valence-corrected chi connectivity index (χ4v) is 5.03. The number of nitrogens with one attached hydrogen (secondary N) is 1. The lowest BCUT2D eigenvalue weighted by Gasteiger charge is -2.08. The molecule has 31 heavy (non-hydrogen) atoms. The van der Waals surface area contributed by atoms with Gasteiger partial charge in [-0.15, -0.1) is 11.3 Å². The van der Waals surface area contributed by atoms with Gasteiger partial charge in [0.05, 0.1) is 36.8 Å². The summed E-state index contributed by atoms with van der Waals surface area (Å²) < 4.78 is 0.638. The second-order valence-corrected chi connectivity index (χ2v) is 9.18. The van der Waals surface area contributed by atoms with Crippen molar-refractivity contribution in [2.24, 2.45) is 0 Å². The lowest BCUT2D eigenvalue weighted by molar-refractivity contribution is -0.384. The molecule has 0 unspecified atom stereocenters. The van der Waals surface area contributed by atoms with E-state index in [1.54, 1.807) is 23.5 Å². The van der Waals surface area contributed by atoms with Gasteiger partial charge in [0, 0.05) is 22.4 Å². The summed E-state index contributed by atoms with van der Waals surface area (Å²) in [5, 5.41) is 15.0. The van der Waals surface area contributed by atoms with Crippen molar-refractivity contribution in [3.05, 3.63) is 81.2 Å². The van der Waals surface area contributed by atoms with E-state index in [4.69, 9.17) is 4.98 Å². The van der Waals surface area contributed by atoms with Crippen LogP contribution in [0.2, 0.25) is 0 Å². The van der Waals surface area contributed by atoms with E-state index >= 15 is 0 Å². The van der Waals surface area contributed by atoms with E-state index in [0.717, 1.165) is 21.5 Å². The number of aryl methyl sites for hydroxylation is 1. The molecule has 0 atom stereocenters. The van der Waals surface area contributed by atoms with Crippen molar-refractivity contribution in [3.63, 3.8) is 0 Å². The Labute approximate surface area is 184 Å². The Morgan fingerprint density at radius 2 is 1.84 bits per heavy atom. The molecular weight excluding hydrogens is 432 g/mol. The maximum absolute atomic E-state index is 13.2. The third kappa shape index (κ3) is 3.65. The fraction of sp³-hybridized carbons (Fsp3) is 0.0455. The molecule has 0 radical (unpaired) electrons. The zero-order valence-corrected chi connectivity index (χ0v) is 17.8. The van der Waals surface area contributed by atoms with Crippen LogP contribution >= 0.6 is 22.7 Å². The van der Waals surface area contributed by atoms with Gasteiger partial charge < -0.3 is 0 Å². The molecule has 0 fully saturated rings. The van der Waals surface area contributed by atoms with Crippen molar-refractivity contribution >= 4 is 60.5 Å². The van der Waals surface area contributed by atoms with Gasteiger partial charge in [0.2, 0.25) is 0 Å². The van der Waals surface area contributed by atoms with Crippen LogP contribution in [0.25, 0.3) is 31.7 Å². The first kappa shape index (κ1) is 19.3. The van der Waals surface area contributed by atoms with Gasteiger partial charge in [0.15, 0.2) is 5.13 Å². The molecule has 1 amide bonds. The molecule has 3 aromatic heterocycles. The van der Waals surface area contributed by atoms with E-state index in [1.807, 2.05) is 43.3 Å². The van der Waals surface area contributed by atoms with Crippen molar-refractivity contribution in [1.29, 1.82) is 0 Å². The van der Waals surface area contributed by atoms with Gasteiger partial charge in [-0.05, 0) is 37.3 Å². The Balaban J connectivity index is 1.55. The molecule has 1 N–H and O–H groups in total. The number of para-hydroxylation sites is 1. The number of carbonyl (C=O) groups excluding carboxylic acids is 1. The zero-order valence-electron chi connectivity index (χ0n) is 16.2. The summed E-state index contributed by atoms with van der Waals surface area (Å²) in [7, 11) is 0. The number of rotatable bonds is 4. The van der Waals surface area contributed by atoms with Gasteiger partial charge in [-0.2, -0.15) is 0 Å². The lowest BCUT2D eigenvalue weighted by atomic mass is 10.1. The molecule has 2 aromatic carbocycles. The number of carbonyl (C=O) groups is 1. The van der Waals surface area contributed by atoms with Crippen LogP contribution in [0.1, 0.15) is 15.2 Å². The summed E-state index contributed by atoms with van der Waals surface area (Å²) in [5.41, 5.74) is 2.56. The predicted octanol–water partition coefficient (Wildman–Crippen LogP) is 6.04. The largest absolute Gasteiger partial charge is 0.298 e. The highest BCUT2D eigenvalue weighted by molar-refractivity contribution is 7.22. The molecule has 5 aromatic rings. The predicted molar refractivity (Wildman–Crippen MR) is 124 cm³/mol. The number of non-ortho nitro benzene ring substituents is 1. The van der Waals surface area contributed by atoms with Crippen LogP contribution in [0.3, 0.4) is 0 Å². The highest BCUT2D eigenvalue weighted by Gasteiger charge is 2.17. The minimum Gasteiger partial charge on any atom is -0.298 e. The number of nitro benzene ring substituents is 1. The van der Waals surface area contributed by atoms with Crippen molar-refractivity contribution in [2.45, 2.75) is 6.92 Å². The van der Waals surface area contributed by atoms with Gasteiger partial charge >= 0.3 is 0 Å². The normalized spacial score (nSPS) is 11.1. The second kappa shape index (κ2) is 7.53. The van der Waals surface area contributed by atoms with Gasteiger partial charge in [-0.1, -0.05) is 29.5 Å².